The highest BCUT2D eigenvalue weighted by Crippen LogP contribution is 2.16. The highest BCUT2D eigenvalue weighted by molar-refractivity contribution is 7.86. The fourth-order valence-electron chi connectivity index (χ4n) is 2.29. The van der Waals surface area contributed by atoms with Gasteiger partial charge in [0.2, 0.25) is 0 Å². The first-order chi connectivity index (χ1) is 8.12. The van der Waals surface area contributed by atoms with E-state index in [0.717, 1.165) is 25.9 Å². The summed E-state index contributed by atoms with van der Waals surface area (Å²) in [5.41, 5.74) is 0. The lowest BCUT2D eigenvalue weighted by Gasteiger charge is -2.35. The van der Waals surface area contributed by atoms with Crippen LogP contribution in [0.4, 0.5) is 0 Å². The Morgan fingerprint density at radius 3 is 2.65 bits per heavy atom. The maximum Gasteiger partial charge on any atom is 0.282 e. The van der Waals surface area contributed by atoms with E-state index in [0.29, 0.717) is 26.3 Å². The second-order valence-electron chi connectivity index (χ2n) is 4.54. The van der Waals surface area contributed by atoms with Crippen molar-refractivity contribution < 1.29 is 13.2 Å². The van der Waals surface area contributed by atoms with Crippen molar-refractivity contribution in [3.05, 3.63) is 0 Å². The number of likely N-dealkylation sites (N-methyl/N-ethyl adjacent to an activating group) is 1. The fraction of sp³-hybridized carbons (Fsp3) is 1.00. The Bertz CT molecular complexity index is 335. The highest BCUT2D eigenvalue weighted by Gasteiger charge is 2.33. The molecule has 0 radical (unpaired) electrons. The molecule has 0 bridgehead atoms. The van der Waals surface area contributed by atoms with Crippen LogP contribution in [0.5, 0.6) is 0 Å². The Kier molecular flexibility index (Phi) is 4.37. The van der Waals surface area contributed by atoms with E-state index in [2.05, 4.69) is 5.32 Å². The third kappa shape index (κ3) is 2.97. The van der Waals surface area contributed by atoms with Crippen molar-refractivity contribution in [2.75, 3.05) is 46.4 Å². The average molecular weight is 263 g/mol. The molecule has 2 fully saturated rings. The van der Waals surface area contributed by atoms with Gasteiger partial charge in [0, 0.05) is 32.7 Å². The summed E-state index contributed by atoms with van der Waals surface area (Å²) < 4.78 is 32.9. The van der Waals surface area contributed by atoms with Crippen LogP contribution in [-0.2, 0) is 14.9 Å². The molecule has 0 saturated carbocycles. The Balaban J connectivity index is 2.02. The van der Waals surface area contributed by atoms with Crippen LogP contribution < -0.4 is 5.32 Å². The number of ether oxygens (including phenoxy) is 1. The van der Waals surface area contributed by atoms with E-state index in [9.17, 15) is 8.42 Å². The molecular weight excluding hydrogens is 242 g/mol. The largest absolute Gasteiger partial charge is 0.379 e. The molecule has 0 spiro atoms. The Morgan fingerprint density at radius 2 is 2.06 bits per heavy atom. The van der Waals surface area contributed by atoms with E-state index >= 15 is 0 Å². The summed E-state index contributed by atoms with van der Waals surface area (Å²) in [6.45, 7) is 3.66. The monoisotopic (exact) mass is 263 g/mol. The molecule has 2 aliphatic heterocycles. The van der Waals surface area contributed by atoms with Gasteiger partial charge in [0.15, 0.2) is 0 Å². The average Bonchev–Trinajstić information content (AvgIpc) is 2.40. The molecule has 0 aromatic rings. The molecule has 17 heavy (non-hydrogen) atoms. The summed E-state index contributed by atoms with van der Waals surface area (Å²) in [7, 11) is -1.63. The number of rotatable bonds is 3. The molecule has 0 aliphatic carbocycles. The number of nitrogens with one attached hydrogen (secondary N) is 1. The van der Waals surface area contributed by atoms with E-state index in [-0.39, 0.29) is 6.04 Å². The van der Waals surface area contributed by atoms with Crippen LogP contribution in [-0.4, -0.2) is 69.5 Å². The summed E-state index contributed by atoms with van der Waals surface area (Å²) in [4.78, 5) is 0. The van der Waals surface area contributed by atoms with Gasteiger partial charge >= 0.3 is 0 Å². The predicted octanol–water partition coefficient (Wildman–Crippen LogP) is -0.753. The van der Waals surface area contributed by atoms with Crippen LogP contribution in [0.3, 0.4) is 0 Å². The van der Waals surface area contributed by atoms with Crippen molar-refractivity contribution in [1.82, 2.24) is 13.9 Å². The summed E-state index contributed by atoms with van der Waals surface area (Å²) in [6.07, 6.45) is 1.97. The van der Waals surface area contributed by atoms with Crippen molar-refractivity contribution in [3.8, 4) is 0 Å². The maximum absolute atomic E-state index is 12.4. The minimum atomic E-state index is -3.32. The molecule has 2 heterocycles. The van der Waals surface area contributed by atoms with E-state index in [1.54, 1.807) is 7.05 Å². The second kappa shape index (κ2) is 5.62. The topological polar surface area (TPSA) is 61.9 Å². The Hall–Kier alpha value is -0.210. The Labute approximate surface area is 103 Å². The highest BCUT2D eigenvalue weighted by atomic mass is 32.2. The van der Waals surface area contributed by atoms with Gasteiger partial charge in [-0.2, -0.15) is 17.0 Å². The van der Waals surface area contributed by atoms with Crippen molar-refractivity contribution in [2.45, 2.75) is 18.9 Å². The maximum atomic E-state index is 12.4. The Morgan fingerprint density at radius 1 is 1.35 bits per heavy atom. The van der Waals surface area contributed by atoms with Gasteiger partial charge in [-0.25, -0.2) is 0 Å². The molecule has 2 rings (SSSR count). The van der Waals surface area contributed by atoms with Crippen molar-refractivity contribution in [1.29, 1.82) is 0 Å². The first-order valence-electron chi connectivity index (χ1n) is 6.14. The van der Waals surface area contributed by atoms with Gasteiger partial charge in [-0.05, 0) is 19.4 Å². The smallest absolute Gasteiger partial charge is 0.282 e. The van der Waals surface area contributed by atoms with Gasteiger partial charge in [-0.3, -0.25) is 0 Å². The summed E-state index contributed by atoms with van der Waals surface area (Å²) in [5.74, 6) is 0. The number of nitrogens with zero attached hydrogens (tertiary/aromatic N) is 2. The van der Waals surface area contributed by atoms with Crippen LogP contribution in [0.15, 0.2) is 0 Å². The first kappa shape index (κ1) is 13.2. The molecule has 100 valence electrons. The van der Waals surface area contributed by atoms with Crippen LogP contribution in [0, 0.1) is 0 Å². The lowest BCUT2D eigenvalue weighted by Crippen LogP contribution is -2.53. The molecule has 0 aromatic heterocycles. The van der Waals surface area contributed by atoms with E-state index in [1.165, 1.54) is 8.61 Å². The van der Waals surface area contributed by atoms with E-state index < -0.39 is 10.2 Å². The van der Waals surface area contributed by atoms with E-state index in [4.69, 9.17) is 4.74 Å². The van der Waals surface area contributed by atoms with Gasteiger partial charge in [-0.15, -0.1) is 0 Å². The zero-order valence-corrected chi connectivity index (χ0v) is 11.1. The molecule has 2 aliphatic rings. The minimum Gasteiger partial charge on any atom is -0.379 e. The van der Waals surface area contributed by atoms with E-state index in [1.807, 2.05) is 0 Å². The minimum absolute atomic E-state index is 0.0802. The number of hydrogen-bond donors (Lipinski definition) is 1. The molecule has 1 N–H and O–H groups in total. The van der Waals surface area contributed by atoms with Crippen LogP contribution >= 0.6 is 0 Å². The lowest BCUT2D eigenvalue weighted by atomic mass is 10.1. The lowest BCUT2D eigenvalue weighted by molar-refractivity contribution is 0.0695. The standard InChI is InChI=1S/C10H21N3O3S/c1-12(10-3-2-4-11-9-10)17(14,15)13-5-7-16-8-6-13/h10-11H,2-9H2,1H3. The molecule has 1 unspecified atom stereocenters. The van der Waals surface area contributed by atoms with Crippen molar-refractivity contribution >= 4 is 10.2 Å². The fourth-order valence-corrected chi connectivity index (χ4v) is 3.82. The number of hydrogen-bond acceptors (Lipinski definition) is 4. The quantitative estimate of drug-likeness (QED) is 0.727. The van der Waals surface area contributed by atoms with Crippen molar-refractivity contribution in [2.24, 2.45) is 0 Å². The second-order valence-corrected chi connectivity index (χ2v) is 6.52. The molecule has 1 atom stereocenters. The number of piperidine rings is 1. The number of morpholine rings is 1. The van der Waals surface area contributed by atoms with Crippen LogP contribution in [0.2, 0.25) is 0 Å². The van der Waals surface area contributed by atoms with Gasteiger partial charge in [0.1, 0.15) is 0 Å². The first-order valence-corrected chi connectivity index (χ1v) is 7.53. The van der Waals surface area contributed by atoms with Gasteiger partial charge in [0.05, 0.1) is 13.2 Å². The molecule has 0 aromatic carbocycles. The van der Waals surface area contributed by atoms with Gasteiger partial charge < -0.3 is 10.1 Å². The normalized spacial score (nSPS) is 28.5. The molecular formula is C10H21N3O3S. The summed E-state index contributed by atoms with van der Waals surface area (Å²) in [6, 6.07) is 0.0802. The predicted molar refractivity (Wildman–Crippen MR) is 65.0 cm³/mol. The molecule has 2 saturated heterocycles. The zero-order chi connectivity index (χ0) is 12.3. The van der Waals surface area contributed by atoms with Crippen LogP contribution in [0.1, 0.15) is 12.8 Å². The third-order valence-corrected chi connectivity index (χ3v) is 5.49. The SMILES string of the molecule is CN(C1CCCNC1)S(=O)(=O)N1CCOCC1. The summed E-state index contributed by atoms with van der Waals surface area (Å²) in [5, 5.41) is 3.24. The summed E-state index contributed by atoms with van der Waals surface area (Å²) >= 11 is 0. The van der Waals surface area contributed by atoms with Crippen molar-refractivity contribution in [3.63, 3.8) is 0 Å². The van der Waals surface area contributed by atoms with Crippen LogP contribution in [0.25, 0.3) is 0 Å². The molecule has 0 amide bonds. The molecule has 6 nitrogen and oxygen atoms in total. The zero-order valence-electron chi connectivity index (χ0n) is 10.3. The van der Waals surface area contributed by atoms with Gasteiger partial charge in [-0.1, -0.05) is 0 Å². The third-order valence-electron chi connectivity index (χ3n) is 3.45. The molecule has 7 heteroatoms. The van der Waals surface area contributed by atoms with Gasteiger partial charge in [0.25, 0.3) is 10.2 Å².